The van der Waals surface area contributed by atoms with Crippen LogP contribution < -0.4 is 20.5 Å². The van der Waals surface area contributed by atoms with Crippen molar-refractivity contribution in [3.63, 3.8) is 0 Å². The molecule has 0 amide bonds. The second kappa shape index (κ2) is 5.55. The molecule has 0 aliphatic carbocycles. The highest BCUT2D eigenvalue weighted by atomic mass is 16.6. The van der Waals surface area contributed by atoms with Gasteiger partial charge >= 0.3 is 0 Å². The van der Waals surface area contributed by atoms with Crippen LogP contribution in [0.5, 0.6) is 11.5 Å². The maximum Gasteiger partial charge on any atom is 0.163 e. The number of hydrogen-bond acceptors (Lipinski definition) is 5. The molecule has 6 nitrogen and oxygen atoms in total. The molecule has 0 atom stereocenters. The van der Waals surface area contributed by atoms with E-state index in [4.69, 9.17) is 15.2 Å². The van der Waals surface area contributed by atoms with Gasteiger partial charge in [0.05, 0.1) is 17.1 Å². The summed E-state index contributed by atoms with van der Waals surface area (Å²) in [5, 5.41) is 7.79. The zero-order valence-corrected chi connectivity index (χ0v) is 12.3. The van der Waals surface area contributed by atoms with E-state index in [1.54, 1.807) is 6.07 Å². The molecule has 3 N–H and O–H groups in total. The van der Waals surface area contributed by atoms with Gasteiger partial charge in [0.15, 0.2) is 11.5 Å². The lowest BCUT2D eigenvalue weighted by atomic mass is 10.2. The topological polar surface area (TPSA) is 74.3 Å². The lowest BCUT2D eigenvalue weighted by molar-refractivity contribution is 0.172. The number of ether oxygens (including phenoxy) is 2. The molecule has 1 aromatic carbocycles. The standard InChI is InChI=1S/C15H20N4O2/c1-3-12-10(9-19(2)18-12)8-17-13-7-15-14(6-11(13)16)20-4-5-21-15/h6-7,9,17H,3-5,8,16H2,1-2H3. The minimum atomic E-state index is 0.564. The van der Waals surface area contributed by atoms with Crippen LogP contribution in [-0.2, 0) is 20.0 Å². The molecule has 0 saturated carbocycles. The fourth-order valence-corrected chi connectivity index (χ4v) is 2.48. The summed E-state index contributed by atoms with van der Waals surface area (Å²) in [4.78, 5) is 0. The summed E-state index contributed by atoms with van der Waals surface area (Å²) in [6, 6.07) is 3.70. The molecular weight excluding hydrogens is 268 g/mol. The molecule has 1 aromatic heterocycles. The zero-order valence-electron chi connectivity index (χ0n) is 12.3. The number of nitrogens with zero attached hydrogens (tertiary/aromatic N) is 2. The van der Waals surface area contributed by atoms with E-state index in [-0.39, 0.29) is 0 Å². The Morgan fingerprint density at radius 1 is 1.29 bits per heavy atom. The van der Waals surface area contributed by atoms with Crippen molar-refractivity contribution in [2.75, 3.05) is 24.3 Å². The average Bonchev–Trinajstić information content (AvgIpc) is 2.85. The second-order valence-corrected chi connectivity index (χ2v) is 5.06. The summed E-state index contributed by atoms with van der Waals surface area (Å²) >= 11 is 0. The van der Waals surface area contributed by atoms with Crippen LogP contribution in [0.2, 0.25) is 0 Å². The van der Waals surface area contributed by atoms with Gasteiger partial charge in [-0.15, -0.1) is 0 Å². The lowest BCUT2D eigenvalue weighted by Gasteiger charge is -2.20. The lowest BCUT2D eigenvalue weighted by Crippen LogP contribution is -2.16. The summed E-state index contributed by atoms with van der Waals surface area (Å²) in [6.45, 7) is 3.92. The second-order valence-electron chi connectivity index (χ2n) is 5.06. The third kappa shape index (κ3) is 2.74. The summed E-state index contributed by atoms with van der Waals surface area (Å²) < 4.78 is 12.9. The average molecular weight is 288 g/mol. The fourth-order valence-electron chi connectivity index (χ4n) is 2.48. The number of nitrogens with two attached hydrogens (primary N) is 1. The molecule has 6 heteroatoms. The van der Waals surface area contributed by atoms with Crippen molar-refractivity contribution in [1.29, 1.82) is 0 Å². The summed E-state index contributed by atoms with van der Waals surface area (Å²) in [5.74, 6) is 1.44. The number of nitrogen functional groups attached to an aromatic ring is 1. The van der Waals surface area contributed by atoms with E-state index >= 15 is 0 Å². The highest BCUT2D eigenvalue weighted by molar-refractivity contribution is 5.72. The van der Waals surface area contributed by atoms with Gasteiger partial charge in [-0.2, -0.15) is 5.10 Å². The first-order valence-electron chi connectivity index (χ1n) is 7.11. The van der Waals surface area contributed by atoms with Crippen molar-refractivity contribution in [3.8, 4) is 11.5 Å². The first-order valence-corrected chi connectivity index (χ1v) is 7.11. The van der Waals surface area contributed by atoms with Crippen LogP contribution >= 0.6 is 0 Å². The molecule has 1 aliphatic heterocycles. The van der Waals surface area contributed by atoms with Crippen LogP contribution in [0.4, 0.5) is 11.4 Å². The van der Waals surface area contributed by atoms with E-state index in [9.17, 15) is 0 Å². The van der Waals surface area contributed by atoms with Crippen molar-refractivity contribution in [3.05, 3.63) is 29.6 Å². The Kier molecular flexibility index (Phi) is 3.60. The number of hydrogen-bond donors (Lipinski definition) is 2. The van der Waals surface area contributed by atoms with Crippen LogP contribution in [0.1, 0.15) is 18.2 Å². The summed E-state index contributed by atoms with van der Waals surface area (Å²) in [7, 11) is 1.93. The third-order valence-electron chi connectivity index (χ3n) is 3.51. The van der Waals surface area contributed by atoms with E-state index in [2.05, 4.69) is 17.3 Å². The molecule has 1 aliphatic rings. The maximum absolute atomic E-state index is 6.07. The minimum absolute atomic E-state index is 0.564. The highest BCUT2D eigenvalue weighted by Gasteiger charge is 2.15. The van der Waals surface area contributed by atoms with Crippen LogP contribution in [-0.4, -0.2) is 23.0 Å². The van der Waals surface area contributed by atoms with Crippen LogP contribution in [0.25, 0.3) is 0 Å². The van der Waals surface area contributed by atoms with Crippen LogP contribution in [0, 0.1) is 0 Å². The molecule has 0 radical (unpaired) electrons. The number of anilines is 2. The molecule has 0 unspecified atom stereocenters. The number of aryl methyl sites for hydroxylation is 2. The fraction of sp³-hybridized carbons (Fsp3) is 0.400. The van der Waals surface area contributed by atoms with Crippen LogP contribution in [0.3, 0.4) is 0 Å². The molecule has 2 heterocycles. The van der Waals surface area contributed by atoms with Crippen molar-refractivity contribution in [2.24, 2.45) is 7.05 Å². The Labute approximate surface area is 123 Å². The first-order chi connectivity index (χ1) is 10.2. The number of aromatic nitrogens is 2. The Morgan fingerprint density at radius 2 is 2.00 bits per heavy atom. The van der Waals surface area contributed by atoms with Gasteiger partial charge in [0.2, 0.25) is 0 Å². The molecule has 0 spiro atoms. The Hall–Kier alpha value is -2.37. The molecular formula is C15H20N4O2. The van der Waals surface area contributed by atoms with Crippen molar-refractivity contribution in [2.45, 2.75) is 19.9 Å². The molecule has 0 fully saturated rings. The van der Waals surface area contributed by atoms with Gasteiger partial charge in [-0.3, -0.25) is 4.68 Å². The SMILES string of the molecule is CCc1nn(C)cc1CNc1cc2c(cc1N)OCCO2. The highest BCUT2D eigenvalue weighted by Crippen LogP contribution is 2.37. The monoisotopic (exact) mass is 288 g/mol. The largest absolute Gasteiger partial charge is 0.486 e. The van der Waals surface area contributed by atoms with Gasteiger partial charge in [-0.25, -0.2) is 0 Å². The Bertz CT molecular complexity index is 651. The van der Waals surface area contributed by atoms with Crippen molar-refractivity contribution < 1.29 is 9.47 Å². The van der Waals surface area contributed by atoms with Gasteiger partial charge in [-0.05, 0) is 6.42 Å². The van der Waals surface area contributed by atoms with Gasteiger partial charge in [0.1, 0.15) is 13.2 Å². The van der Waals surface area contributed by atoms with E-state index in [0.29, 0.717) is 31.2 Å². The molecule has 0 saturated heterocycles. The van der Waals surface area contributed by atoms with E-state index < -0.39 is 0 Å². The molecule has 2 aromatic rings. The van der Waals surface area contributed by atoms with Gasteiger partial charge in [0, 0.05) is 37.5 Å². The van der Waals surface area contributed by atoms with E-state index in [1.165, 1.54) is 5.56 Å². The van der Waals surface area contributed by atoms with Gasteiger partial charge in [-0.1, -0.05) is 6.92 Å². The molecule has 21 heavy (non-hydrogen) atoms. The number of nitrogens with one attached hydrogen (secondary N) is 1. The van der Waals surface area contributed by atoms with Crippen molar-refractivity contribution in [1.82, 2.24) is 9.78 Å². The summed E-state index contributed by atoms with van der Waals surface area (Å²) in [6.07, 6.45) is 2.94. The summed E-state index contributed by atoms with van der Waals surface area (Å²) in [5.41, 5.74) is 9.85. The first kappa shape index (κ1) is 13.6. The van der Waals surface area contributed by atoms with E-state index in [1.807, 2.05) is 24.0 Å². The van der Waals surface area contributed by atoms with Gasteiger partial charge < -0.3 is 20.5 Å². The minimum Gasteiger partial charge on any atom is -0.486 e. The number of rotatable bonds is 4. The van der Waals surface area contributed by atoms with E-state index in [0.717, 1.165) is 23.6 Å². The number of benzene rings is 1. The Balaban J connectivity index is 1.78. The predicted octanol–water partition coefficient (Wildman–Crippen LogP) is 1.95. The maximum atomic E-state index is 6.07. The zero-order chi connectivity index (χ0) is 14.8. The smallest absolute Gasteiger partial charge is 0.163 e. The normalized spacial score (nSPS) is 13.2. The number of fused-ring (bicyclic) bond motifs is 1. The van der Waals surface area contributed by atoms with Crippen LogP contribution in [0.15, 0.2) is 18.3 Å². The molecule has 112 valence electrons. The molecule has 0 bridgehead atoms. The predicted molar refractivity (Wildman–Crippen MR) is 81.8 cm³/mol. The third-order valence-corrected chi connectivity index (χ3v) is 3.51. The Morgan fingerprint density at radius 3 is 2.71 bits per heavy atom. The quantitative estimate of drug-likeness (QED) is 0.841. The van der Waals surface area contributed by atoms with Gasteiger partial charge in [0.25, 0.3) is 0 Å². The molecule has 3 rings (SSSR count). The van der Waals surface area contributed by atoms with Crippen molar-refractivity contribution >= 4 is 11.4 Å².